The van der Waals surface area contributed by atoms with Crippen LogP contribution in [0.25, 0.3) is 11.1 Å². The molecule has 4 heteroatoms. The maximum absolute atomic E-state index is 13.0. The van der Waals surface area contributed by atoms with Gasteiger partial charge in [0.1, 0.15) is 5.82 Å². The maximum atomic E-state index is 13.0. The van der Waals surface area contributed by atoms with E-state index in [1.54, 1.807) is 26.4 Å². The third kappa shape index (κ3) is 2.69. The van der Waals surface area contributed by atoms with Crippen LogP contribution in [0.5, 0.6) is 11.5 Å². The van der Waals surface area contributed by atoms with Crippen LogP contribution >= 0.6 is 0 Å². The Labute approximate surface area is 111 Å². The number of halogens is 1. The zero-order valence-corrected chi connectivity index (χ0v) is 10.9. The van der Waals surface area contributed by atoms with E-state index in [9.17, 15) is 4.39 Å². The fourth-order valence-electron chi connectivity index (χ4n) is 1.98. The summed E-state index contributed by atoms with van der Waals surface area (Å²) in [5.74, 6) is 0.959. The summed E-state index contributed by atoms with van der Waals surface area (Å²) in [4.78, 5) is 0. The second-order valence-corrected chi connectivity index (χ2v) is 4.09. The Hall–Kier alpha value is -2.07. The molecule has 0 heterocycles. The van der Waals surface area contributed by atoms with E-state index in [1.807, 2.05) is 12.1 Å². The van der Waals surface area contributed by atoms with Crippen molar-refractivity contribution in [3.63, 3.8) is 0 Å². The molecule has 0 radical (unpaired) electrons. The second kappa shape index (κ2) is 5.71. The van der Waals surface area contributed by atoms with Crippen LogP contribution in [0.15, 0.2) is 36.4 Å². The van der Waals surface area contributed by atoms with Crippen LogP contribution in [0.2, 0.25) is 0 Å². The molecule has 2 rings (SSSR count). The van der Waals surface area contributed by atoms with E-state index in [1.165, 1.54) is 12.1 Å². The van der Waals surface area contributed by atoms with Crippen molar-refractivity contribution in [3.8, 4) is 22.6 Å². The molecule has 19 heavy (non-hydrogen) atoms. The van der Waals surface area contributed by atoms with Gasteiger partial charge in [-0.1, -0.05) is 12.1 Å². The van der Waals surface area contributed by atoms with Gasteiger partial charge in [-0.15, -0.1) is 0 Å². The van der Waals surface area contributed by atoms with E-state index in [-0.39, 0.29) is 5.82 Å². The molecule has 0 saturated carbocycles. The van der Waals surface area contributed by atoms with Gasteiger partial charge in [0, 0.05) is 12.1 Å². The molecule has 0 aliphatic carbocycles. The molecule has 0 aliphatic rings. The first-order valence-electron chi connectivity index (χ1n) is 5.90. The first-order chi connectivity index (χ1) is 9.19. The minimum Gasteiger partial charge on any atom is -0.493 e. The van der Waals surface area contributed by atoms with Gasteiger partial charge in [0.2, 0.25) is 0 Å². The van der Waals surface area contributed by atoms with Gasteiger partial charge in [0.15, 0.2) is 11.5 Å². The van der Waals surface area contributed by atoms with Gasteiger partial charge >= 0.3 is 0 Å². The summed E-state index contributed by atoms with van der Waals surface area (Å²) >= 11 is 0. The summed E-state index contributed by atoms with van der Waals surface area (Å²) in [6.45, 7) is 0.397. The summed E-state index contributed by atoms with van der Waals surface area (Å²) in [6, 6.07) is 9.99. The van der Waals surface area contributed by atoms with Gasteiger partial charge in [-0.25, -0.2) is 4.39 Å². The average molecular weight is 261 g/mol. The van der Waals surface area contributed by atoms with Crippen molar-refractivity contribution in [2.24, 2.45) is 5.73 Å². The highest BCUT2D eigenvalue weighted by Crippen LogP contribution is 2.39. The molecular formula is C15H16FNO2. The van der Waals surface area contributed by atoms with Crippen LogP contribution in [0.3, 0.4) is 0 Å². The van der Waals surface area contributed by atoms with Crippen molar-refractivity contribution >= 4 is 0 Å². The molecule has 0 aliphatic heterocycles. The summed E-state index contributed by atoms with van der Waals surface area (Å²) < 4.78 is 23.7. The van der Waals surface area contributed by atoms with Crippen molar-refractivity contribution in [1.29, 1.82) is 0 Å². The summed E-state index contributed by atoms with van der Waals surface area (Å²) in [5.41, 5.74) is 8.30. The van der Waals surface area contributed by atoms with E-state index in [0.717, 1.165) is 16.7 Å². The van der Waals surface area contributed by atoms with Crippen LogP contribution in [-0.4, -0.2) is 14.2 Å². The number of rotatable bonds is 4. The lowest BCUT2D eigenvalue weighted by molar-refractivity contribution is 0.355. The monoisotopic (exact) mass is 261 g/mol. The first kappa shape index (κ1) is 13.4. The standard InChI is InChI=1S/C15H16FNO2/c1-18-14-8-10(9-17)7-13(15(14)19-2)11-3-5-12(16)6-4-11/h3-8H,9,17H2,1-2H3. The predicted molar refractivity (Wildman–Crippen MR) is 72.8 cm³/mol. The van der Waals surface area contributed by atoms with Crippen molar-refractivity contribution in [2.75, 3.05) is 14.2 Å². The van der Waals surface area contributed by atoms with Crippen LogP contribution in [-0.2, 0) is 6.54 Å². The van der Waals surface area contributed by atoms with E-state index in [0.29, 0.717) is 18.0 Å². The van der Waals surface area contributed by atoms with E-state index in [4.69, 9.17) is 15.2 Å². The van der Waals surface area contributed by atoms with Crippen LogP contribution in [0.1, 0.15) is 5.56 Å². The van der Waals surface area contributed by atoms with E-state index < -0.39 is 0 Å². The highest BCUT2D eigenvalue weighted by atomic mass is 19.1. The third-order valence-electron chi connectivity index (χ3n) is 2.93. The molecule has 2 aromatic carbocycles. The van der Waals surface area contributed by atoms with Crippen LogP contribution in [0.4, 0.5) is 4.39 Å². The molecule has 100 valence electrons. The molecule has 0 amide bonds. The molecule has 3 nitrogen and oxygen atoms in total. The molecule has 0 aromatic heterocycles. The van der Waals surface area contributed by atoms with Gasteiger partial charge in [-0.05, 0) is 35.4 Å². The minimum absolute atomic E-state index is 0.273. The Morgan fingerprint density at radius 3 is 2.26 bits per heavy atom. The number of methoxy groups -OCH3 is 2. The molecule has 2 N–H and O–H groups in total. The van der Waals surface area contributed by atoms with E-state index >= 15 is 0 Å². The number of benzene rings is 2. The lowest BCUT2D eigenvalue weighted by Crippen LogP contribution is -2.00. The fraction of sp³-hybridized carbons (Fsp3) is 0.200. The summed E-state index contributed by atoms with van der Waals surface area (Å²) in [6.07, 6.45) is 0. The molecule has 0 atom stereocenters. The second-order valence-electron chi connectivity index (χ2n) is 4.09. The molecule has 0 spiro atoms. The van der Waals surface area contributed by atoms with Crippen molar-refractivity contribution in [3.05, 3.63) is 47.8 Å². The lowest BCUT2D eigenvalue weighted by Gasteiger charge is -2.15. The molecule has 0 saturated heterocycles. The third-order valence-corrected chi connectivity index (χ3v) is 2.93. The van der Waals surface area contributed by atoms with Crippen molar-refractivity contribution < 1.29 is 13.9 Å². The summed E-state index contributed by atoms with van der Waals surface area (Å²) in [7, 11) is 3.15. The number of nitrogens with two attached hydrogens (primary N) is 1. The van der Waals surface area contributed by atoms with Crippen molar-refractivity contribution in [2.45, 2.75) is 6.54 Å². The quantitative estimate of drug-likeness (QED) is 0.920. The van der Waals surface area contributed by atoms with E-state index in [2.05, 4.69) is 0 Å². The van der Waals surface area contributed by atoms with Crippen molar-refractivity contribution in [1.82, 2.24) is 0 Å². The normalized spacial score (nSPS) is 10.3. The smallest absolute Gasteiger partial charge is 0.168 e. The zero-order chi connectivity index (χ0) is 13.8. The Kier molecular flexibility index (Phi) is 4.02. The Morgan fingerprint density at radius 1 is 1.05 bits per heavy atom. The maximum Gasteiger partial charge on any atom is 0.168 e. The number of hydrogen-bond donors (Lipinski definition) is 1. The van der Waals surface area contributed by atoms with Gasteiger partial charge in [0.25, 0.3) is 0 Å². The number of hydrogen-bond acceptors (Lipinski definition) is 3. The Balaban J connectivity index is 2.62. The molecule has 2 aromatic rings. The minimum atomic E-state index is -0.273. The van der Waals surface area contributed by atoms with Gasteiger partial charge in [0.05, 0.1) is 14.2 Å². The van der Waals surface area contributed by atoms with Crippen LogP contribution in [0, 0.1) is 5.82 Å². The molecular weight excluding hydrogens is 245 g/mol. The SMILES string of the molecule is COc1cc(CN)cc(-c2ccc(F)cc2)c1OC. The molecule has 0 bridgehead atoms. The predicted octanol–water partition coefficient (Wildman–Crippen LogP) is 2.97. The molecule has 0 unspecified atom stereocenters. The summed E-state index contributed by atoms with van der Waals surface area (Å²) in [5, 5.41) is 0. The highest BCUT2D eigenvalue weighted by molar-refractivity contribution is 5.74. The lowest BCUT2D eigenvalue weighted by atomic mass is 10.0. The highest BCUT2D eigenvalue weighted by Gasteiger charge is 2.13. The van der Waals surface area contributed by atoms with Crippen LogP contribution < -0.4 is 15.2 Å². The van der Waals surface area contributed by atoms with Gasteiger partial charge in [-0.3, -0.25) is 0 Å². The Bertz CT molecular complexity index is 567. The topological polar surface area (TPSA) is 44.5 Å². The molecule has 0 fully saturated rings. The van der Waals surface area contributed by atoms with Gasteiger partial charge < -0.3 is 15.2 Å². The fourth-order valence-corrected chi connectivity index (χ4v) is 1.98. The number of ether oxygens (including phenoxy) is 2. The largest absolute Gasteiger partial charge is 0.493 e. The van der Waals surface area contributed by atoms with Gasteiger partial charge in [-0.2, -0.15) is 0 Å². The Morgan fingerprint density at radius 2 is 1.74 bits per heavy atom. The zero-order valence-electron chi connectivity index (χ0n) is 10.9. The first-order valence-corrected chi connectivity index (χ1v) is 5.90. The average Bonchev–Trinajstić information content (AvgIpc) is 2.46.